The van der Waals surface area contributed by atoms with Crippen LogP contribution in [0.5, 0.6) is 5.75 Å². The number of ketones is 1. The van der Waals surface area contributed by atoms with Crippen LogP contribution in [0.4, 0.5) is 5.69 Å². The number of nitrogens with zero attached hydrogens (tertiary/aromatic N) is 2. The summed E-state index contributed by atoms with van der Waals surface area (Å²) in [5.41, 5.74) is 1.91. The Morgan fingerprint density at radius 1 is 1.06 bits per heavy atom. The molecule has 1 atom stereocenters. The molecule has 1 aliphatic rings. The summed E-state index contributed by atoms with van der Waals surface area (Å²) in [5.74, 6) is -1.56. The molecule has 1 aliphatic heterocycles. The van der Waals surface area contributed by atoms with Crippen molar-refractivity contribution >= 4 is 46.3 Å². The molecule has 1 saturated heterocycles. The number of hydrogen-bond acceptors (Lipinski definition) is 5. The predicted molar refractivity (Wildman–Crippen MR) is 123 cm³/mol. The van der Waals surface area contributed by atoms with E-state index in [9.17, 15) is 14.7 Å². The van der Waals surface area contributed by atoms with Gasteiger partial charge in [-0.2, -0.15) is 0 Å². The molecule has 32 heavy (non-hydrogen) atoms. The van der Waals surface area contributed by atoms with Gasteiger partial charge in [-0.25, -0.2) is 0 Å². The number of ether oxygens (including phenoxy) is 1. The minimum Gasteiger partial charge on any atom is -0.507 e. The van der Waals surface area contributed by atoms with E-state index in [1.807, 2.05) is 6.92 Å². The third-order valence-electron chi connectivity index (χ3n) is 5.33. The van der Waals surface area contributed by atoms with E-state index in [4.69, 9.17) is 27.9 Å². The molecule has 1 amide bonds. The summed E-state index contributed by atoms with van der Waals surface area (Å²) in [7, 11) is 1.48. The first-order chi connectivity index (χ1) is 15.3. The van der Waals surface area contributed by atoms with E-state index in [2.05, 4.69) is 4.98 Å². The standard InChI is InChI=1S/C24H18Cl2N2O4/c1-13-3-4-15(25)11-19(13)28-21(14-7-9-27-10-8-14)20(23(30)24(28)31)22(29)17-12-16(32-2)5-6-18(17)26/h3-12,21,29H,1-2H3/b22-20+. The average molecular weight is 469 g/mol. The van der Waals surface area contributed by atoms with Crippen molar-refractivity contribution in [1.29, 1.82) is 0 Å². The zero-order chi connectivity index (χ0) is 23.0. The molecule has 3 aromatic rings. The van der Waals surface area contributed by atoms with Gasteiger partial charge >= 0.3 is 0 Å². The number of carbonyl (C=O) groups is 2. The largest absolute Gasteiger partial charge is 0.507 e. The molecule has 1 fully saturated rings. The highest BCUT2D eigenvalue weighted by atomic mass is 35.5. The minimum atomic E-state index is -0.905. The van der Waals surface area contributed by atoms with E-state index in [0.29, 0.717) is 22.0 Å². The first kappa shape index (κ1) is 21.9. The quantitative estimate of drug-likeness (QED) is 0.317. The first-order valence-corrected chi connectivity index (χ1v) is 10.4. The van der Waals surface area contributed by atoms with E-state index >= 15 is 0 Å². The van der Waals surface area contributed by atoms with Crippen molar-refractivity contribution in [2.45, 2.75) is 13.0 Å². The second kappa shape index (κ2) is 8.65. The molecule has 1 N–H and O–H groups in total. The molecule has 6 nitrogen and oxygen atoms in total. The zero-order valence-corrected chi connectivity index (χ0v) is 18.7. The van der Waals surface area contributed by atoms with Crippen LogP contribution in [0.25, 0.3) is 5.76 Å². The minimum absolute atomic E-state index is 0.0873. The number of pyridine rings is 1. The number of aromatic nitrogens is 1. The summed E-state index contributed by atoms with van der Waals surface area (Å²) in [5, 5.41) is 11.9. The predicted octanol–water partition coefficient (Wildman–Crippen LogP) is 5.33. The Bertz CT molecular complexity index is 1260. The van der Waals surface area contributed by atoms with Crippen LogP contribution >= 0.6 is 23.2 Å². The Kier molecular flexibility index (Phi) is 5.91. The van der Waals surface area contributed by atoms with Gasteiger partial charge in [0.05, 0.1) is 23.7 Å². The highest BCUT2D eigenvalue weighted by Crippen LogP contribution is 2.44. The summed E-state index contributed by atoms with van der Waals surface area (Å²) in [6.45, 7) is 1.81. The van der Waals surface area contributed by atoms with Crippen LogP contribution in [0.1, 0.15) is 22.7 Å². The lowest BCUT2D eigenvalue weighted by atomic mass is 9.95. The zero-order valence-electron chi connectivity index (χ0n) is 17.2. The lowest BCUT2D eigenvalue weighted by Gasteiger charge is -2.27. The summed E-state index contributed by atoms with van der Waals surface area (Å²) < 4.78 is 5.22. The molecule has 0 bridgehead atoms. The van der Waals surface area contributed by atoms with Crippen LogP contribution in [-0.4, -0.2) is 28.9 Å². The monoisotopic (exact) mass is 468 g/mol. The fourth-order valence-corrected chi connectivity index (χ4v) is 4.12. The molecule has 1 unspecified atom stereocenters. The number of methoxy groups -OCH3 is 1. The molecular formula is C24H18Cl2N2O4. The van der Waals surface area contributed by atoms with Crippen molar-refractivity contribution < 1.29 is 19.4 Å². The maximum absolute atomic E-state index is 13.2. The second-order valence-corrected chi connectivity index (χ2v) is 8.07. The van der Waals surface area contributed by atoms with E-state index in [1.165, 1.54) is 18.1 Å². The lowest BCUT2D eigenvalue weighted by molar-refractivity contribution is -0.132. The summed E-state index contributed by atoms with van der Waals surface area (Å²) in [6, 6.07) is 12.2. The maximum atomic E-state index is 13.2. The molecule has 0 aliphatic carbocycles. The van der Waals surface area contributed by atoms with Crippen LogP contribution in [-0.2, 0) is 9.59 Å². The van der Waals surface area contributed by atoms with Crippen molar-refractivity contribution in [3.05, 3.63) is 93.2 Å². The van der Waals surface area contributed by atoms with Gasteiger partial charge in [0.15, 0.2) is 0 Å². The summed E-state index contributed by atoms with van der Waals surface area (Å²) in [4.78, 5) is 31.8. The van der Waals surface area contributed by atoms with Crippen LogP contribution in [0.2, 0.25) is 10.0 Å². The number of anilines is 1. The van der Waals surface area contributed by atoms with Crippen molar-refractivity contribution in [2.75, 3.05) is 12.0 Å². The molecule has 0 spiro atoms. The lowest BCUT2D eigenvalue weighted by Crippen LogP contribution is -2.30. The van der Waals surface area contributed by atoms with E-state index in [0.717, 1.165) is 5.56 Å². The molecule has 0 saturated carbocycles. The Morgan fingerprint density at radius 2 is 1.78 bits per heavy atom. The highest BCUT2D eigenvalue weighted by Gasteiger charge is 2.47. The van der Waals surface area contributed by atoms with Crippen LogP contribution in [0.3, 0.4) is 0 Å². The number of rotatable bonds is 4. The van der Waals surface area contributed by atoms with Crippen LogP contribution < -0.4 is 9.64 Å². The smallest absolute Gasteiger partial charge is 0.300 e. The van der Waals surface area contributed by atoms with Gasteiger partial charge in [0.1, 0.15) is 11.5 Å². The highest BCUT2D eigenvalue weighted by molar-refractivity contribution is 6.52. The number of benzene rings is 2. The van der Waals surface area contributed by atoms with Crippen molar-refractivity contribution in [3.63, 3.8) is 0 Å². The number of amides is 1. The van der Waals surface area contributed by atoms with Gasteiger partial charge in [0, 0.05) is 28.7 Å². The van der Waals surface area contributed by atoms with Gasteiger partial charge in [-0.15, -0.1) is 0 Å². The number of aliphatic hydroxyl groups is 1. The second-order valence-electron chi connectivity index (χ2n) is 7.23. The molecule has 0 radical (unpaired) electrons. The van der Waals surface area contributed by atoms with E-state index in [1.54, 1.807) is 54.9 Å². The fraction of sp³-hybridized carbons (Fsp3) is 0.125. The van der Waals surface area contributed by atoms with Crippen LogP contribution in [0, 0.1) is 6.92 Å². The number of Topliss-reactive ketones (excluding diaryl/α,β-unsaturated/α-hetero) is 1. The Labute approximate surface area is 194 Å². The third kappa shape index (κ3) is 3.72. The summed E-state index contributed by atoms with van der Waals surface area (Å²) >= 11 is 12.5. The number of carbonyl (C=O) groups excluding carboxylic acids is 2. The fourth-order valence-electron chi connectivity index (χ4n) is 3.74. The SMILES string of the molecule is COc1ccc(Cl)c(/C(O)=C2\C(=O)C(=O)N(c3cc(Cl)ccc3C)C2c2ccncc2)c1. The van der Waals surface area contributed by atoms with Gasteiger partial charge in [-0.3, -0.25) is 19.5 Å². The Balaban J connectivity index is 2.00. The number of hydrogen-bond donors (Lipinski definition) is 1. The number of aliphatic hydroxyl groups excluding tert-OH is 1. The molecule has 4 rings (SSSR count). The van der Waals surface area contributed by atoms with Crippen LogP contribution in [0.15, 0.2) is 66.5 Å². The molecule has 8 heteroatoms. The Morgan fingerprint density at radius 3 is 2.47 bits per heavy atom. The molecule has 162 valence electrons. The third-order valence-corrected chi connectivity index (χ3v) is 5.89. The van der Waals surface area contributed by atoms with Gasteiger partial charge in [-0.1, -0.05) is 29.3 Å². The van der Waals surface area contributed by atoms with Crippen molar-refractivity contribution in [1.82, 2.24) is 4.98 Å². The van der Waals surface area contributed by atoms with E-state index in [-0.39, 0.29) is 16.2 Å². The first-order valence-electron chi connectivity index (χ1n) is 9.64. The molecule has 2 aromatic carbocycles. The normalized spacial score (nSPS) is 17.6. The number of aryl methyl sites for hydroxylation is 1. The van der Waals surface area contributed by atoms with Crippen molar-refractivity contribution in [3.8, 4) is 5.75 Å². The Hall–Kier alpha value is -3.35. The van der Waals surface area contributed by atoms with Crippen molar-refractivity contribution in [2.24, 2.45) is 0 Å². The van der Waals surface area contributed by atoms with E-state index < -0.39 is 23.5 Å². The van der Waals surface area contributed by atoms with Gasteiger partial charge in [-0.05, 0) is 60.5 Å². The number of halogens is 2. The molecule has 1 aromatic heterocycles. The average Bonchev–Trinajstić information content (AvgIpc) is 3.06. The maximum Gasteiger partial charge on any atom is 0.300 e. The molecular weight excluding hydrogens is 451 g/mol. The summed E-state index contributed by atoms with van der Waals surface area (Å²) in [6.07, 6.45) is 3.11. The van der Waals surface area contributed by atoms with Gasteiger partial charge < -0.3 is 9.84 Å². The van der Waals surface area contributed by atoms with Gasteiger partial charge in [0.25, 0.3) is 11.7 Å². The molecule has 2 heterocycles. The topological polar surface area (TPSA) is 79.7 Å². The van der Waals surface area contributed by atoms with Gasteiger partial charge in [0.2, 0.25) is 0 Å².